The van der Waals surface area contributed by atoms with Crippen molar-refractivity contribution >= 4 is 11.6 Å². The lowest BCUT2D eigenvalue weighted by atomic mass is 10.1. The molecule has 2 N–H and O–H groups in total. The lowest BCUT2D eigenvalue weighted by Gasteiger charge is -2.06. The normalized spacial score (nSPS) is 9.95. The first-order chi connectivity index (χ1) is 10.8. The molecule has 1 heterocycles. The molecule has 0 aliphatic heterocycles. The third-order valence-electron chi connectivity index (χ3n) is 3.17. The smallest absolute Gasteiger partial charge is 0.255 e. The number of amides is 1. The first-order valence-corrected chi connectivity index (χ1v) is 6.67. The van der Waals surface area contributed by atoms with Gasteiger partial charge in [0.2, 0.25) is 0 Å². The number of rotatable bonds is 3. The number of benzene rings is 2. The first kappa shape index (κ1) is 13.6. The Bertz CT molecular complexity index is 830. The van der Waals surface area contributed by atoms with Gasteiger partial charge in [-0.05, 0) is 42.5 Å². The maximum absolute atomic E-state index is 12.2. The second-order valence-electron chi connectivity index (χ2n) is 4.66. The molecule has 5 heteroatoms. The number of imidazole rings is 1. The second kappa shape index (κ2) is 5.94. The molecule has 2 aromatic carbocycles. The van der Waals surface area contributed by atoms with Gasteiger partial charge >= 0.3 is 0 Å². The highest BCUT2D eigenvalue weighted by atomic mass is 16.1. The molecule has 0 atom stereocenters. The van der Waals surface area contributed by atoms with Crippen LogP contribution in [0.2, 0.25) is 0 Å². The molecule has 0 saturated carbocycles. The van der Waals surface area contributed by atoms with E-state index in [9.17, 15) is 4.79 Å². The van der Waals surface area contributed by atoms with Crippen molar-refractivity contribution in [3.63, 3.8) is 0 Å². The van der Waals surface area contributed by atoms with Gasteiger partial charge in [0, 0.05) is 29.2 Å². The molecule has 0 bridgehead atoms. The summed E-state index contributed by atoms with van der Waals surface area (Å²) in [5.41, 5.74) is 2.53. The molecule has 0 saturated heterocycles. The Kier molecular flexibility index (Phi) is 3.67. The van der Waals surface area contributed by atoms with E-state index in [1.165, 1.54) is 0 Å². The molecule has 1 aromatic heterocycles. The van der Waals surface area contributed by atoms with Gasteiger partial charge in [0.15, 0.2) is 0 Å². The van der Waals surface area contributed by atoms with Crippen molar-refractivity contribution in [1.29, 1.82) is 5.26 Å². The van der Waals surface area contributed by atoms with Crippen LogP contribution in [0.5, 0.6) is 0 Å². The number of aromatic amines is 1. The summed E-state index contributed by atoms with van der Waals surface area (Å²) in [5, 5.41) is 11.7. The molecule has 0 radical (unpaired) electrons. The molecular formula is C17H12N4O. The number of carbonyl (C=O) groups is 1. The second-order valence-corrected chi connectivity index (χ2v) is 4.66. The van der Waals surface area contributed by atoms with Crippen molar-refractivity contribution < 1.29 is 4.79 Å². The van der Waals surface area contributed by atoms with Gasteiger partial charge in [0.05, 0.1) is 11.6 Å². The predicted molar refractivity (Wildman–Crippen MR) is 83.1 cm³/mol. The fraction of sp³-hybridized carbons (Fsp3) is 0. The van der Waals surface area contributed by atoms with E-state index < -0.39 is 0 Å². The third-order valence-corrected chi connectivity index (χ3v) is 3.17. The minimum Gasteiger partial charge on any atom is -0.345 e. The summed E-state index contributed by atoms with van der Waals surface area (Å²) in [5.74, 6) is 0.530. The number of hydrogen-bond donors (Lipinski definition) is 2. The van der Waals surface area contributed by atoms with Crippen LogP contribution < -0.4 is 5.32 Å². The third kappa shape index (κ3) is 2.86. The molecule has 0 fully saturated rings. The molecule has 1 amide bonds. The van der Waals surface area contributed by atoms with Crippen LogP contribution in [-0.2, 0) is 0 Å². The van der Waals surface area contributed by atoms with Crippen LogP contribution in [0.1, 0.15) is 15.9 Å². The SMILES string of the molecule is N#Cc1cccc(C(=O)Nc2ccc(-c3ncc[nH]3)cc2)c1. The standard InChI is InChI=1S/C17H12N4O/c18-11-12-2-1-3-14(10-12)17(22)21-15-6-4-13(5-7-15)16-19-8-9-20-16/h1-10H,(H,19,20)(H,21,22). The Balaban J connectivity index is 1.75. The van der Waals surface area contributed by atoms with Gasteiger partial charge < -0.3 is 10.3 Å². The molecule has 0 aliphatic rings. The Morgan fingerprint density at radius 2 is 2.00 bits per heavy atom. The van der Waals surface area contributed by atoms with E-state index in [1.807, 2.05) is 30.3 Å². The van der Waals surface area contributed by atoms with Crippen molar-refractivity contribution in [2.45, 2.75) is 0 Å². The Morgan fingerprint density at radius 1 is 1.18 bits per heavy atom. The number of hydrogen-bond acceptors (Lipinski definition) is 3. The summed E-state index contributed by atoms with van der Waals surface area (Å²) in [4.78, 5) is 19.4. The summed E-state index contributed by atoms with van der Waals surface area (Å²) in [7, 11) is 0. The van der Waals surface area contributed by atoms with Crippen LogP contribution in [0.3, 0.4) is 0 Å². The van der Waals surface area contributed by atoms with Gasteiger partial charge in [0.25, 0.3) is 5.91 Å². The van der Waals surface area contributed by atoms with E-state index in [0.29, 0.717) is 16.8 Å². The van der Waals surface area contributed by atoms with Crippen molar-refractivity contribution in [2.24, 2.45) is 0 Å². The Labute approximate surface area is 127 Å². The molecule has 0 spiro atoms. The quantitative estimate of drug-likeness (QED) is 0.776. The van der Waals surface area contributed by atoms with E-state index in [1.54, 1.807) is 36.7 Å². The van der Waals surface area contributed by atoms with Gasteiger partial charge in [0.1, 0.15) is 5.82 Å². The molecule has 3 aromatic rings. The Morgan fingerprint density at radius 3 is 2.68 bits per heavy atom. The van der Waals surface area contributed by atoms with Gasteiger partial charge in [-0.2, -0.15) is 5.26 Å². The molecule has 0 aliphatic carbocycles. The van der Waals surface area contributed by atoms with E-state index in [2.05, 4.69) is 15.3 Å². The molecular weight excluding hydrogens is 276 g/mol. The average Bonchev–Trinajstić information content (AvgIpc) is 3.10. The number of aromatic nitrogens is 2. The summed E-state index contributed by atoms with van der Waals surface area (Å²) in [6, 6.07) is 16.0. The van der Waals surface area contributed by atoms with E-state index >= 15 is 0 Å². The fourth-order valence-corrected chi connectivity index (χ4v) is 2.07. The van der Waals surface area contributed by atoms with Crippen LogP contribution in [0.4, 0.5) is 5.69 Å². The maximum Gasteiger partial charge on any atom is 0.255 e. The number of nitriles is 1. The zero-order valence-corrected chi connectivity index (χ0v) is 11.6. The molecule has 5 nitrogen and oxygen atoms in total. The zero-order valence-electron chi connectivity index (χ0n) is 11.6. The number of H-pyrrole nitrogens is 1. The molecule has 0 unspecified atom stereocenters. The number of carbonyl (C=O) groups excluding carboxylic acids is 1. The minimum atomic E-state index is -0.247. The number of anilines is 1. The van der Waals surface area contributed by atoms with Crippen LogP contribution in [0, 0.1) is 11.3 Å². The van der Waals surface area contributed by atoms with Gasteiger partial charge in [-0.1, -0.05) is 6.07 Å². The van der Waals surface area contributed by atoms with Crippen molar-refractivity contribution in [3.05, 3.63) is 72.1 Å². The maximum atomic E-state index is 12.2. The van der Waals surface area contributed by atoms with E-state index in [-0.39, 0.29) is 5.91 Å². The summed E-state index contributed by atoms with van der Waals surface area (Å²) in [6.07, 6.45) is 3.44. The van der Waals surface area contributed by atoms with E-state index in [4.69, 9.17) is 5.26 Å². The fourth-order valence-electron chi connectivity index (χ4n) is 2.07. The van der Waals surface area contributed by atoms with Crippen LogP contribution >= 0.6 is 0 Å². The topological polar surface area (TPSA) is 81.6 Å². The van der Waals surface area contributed by atoms with Crippen LogP contribution in [0.15, 0.2) is 60.9 Å². The van der Waals surface area contributed by atoms with Crippen molar-refractivity contribution in [1.82, 2.24) is 9.97 Å². The first-order valence-electron chi connectivity index (χ1n) is 6.67. The van der Waals surface area contributed by atoms with Gasteiger partial charge in [-0.25, -0.2) is 4.98 Å². The zero-order chi connectivity index (χ0) is 15.4. The lowest BCUT2D eigenvalue weighted by molar-refractivity contribution is 0.102. The average molecular weight is 288 g/mol. The lowest BCUT2D eigenvalue weighted by Crippen LogP contribution is -2.11. The molecule has 106 valence electrons. The number of nitrogens with zero attached hydrogens (tertiary/aromatic N) is 2. The predicted octanol–water partition coefficient (Wildman–Crippen LogP) is 3.20. The summed E-state index contributed by atoms with van der Waals surface area (Å²) < 4.78 is 0. The van der Waals surface area contributed by atoms with Crippen LogP contribution in [0.25, 0.3) is 11.4 Å². The number of nitrogens with one attached hydrogen (secondary N) is 2. The largest absolute Gasteiger partial charge is 0.345 e. The van der Waals surface area contributed by atoms with Crippen molar-refractivity contribution in [3.8, 4) is 17.5 Å². The summed E-state index contributed by atoms with van der Waals surface area (Å²) in [6.45, 7) is 0. The highest BCUT2D eigenvalue weighted by Crippen LogP contribution is 2.18. The highest BCUT2D eigenvalue weighted by Gasteiger charge is 2.07. The monoisotopic (exact) mass is 288 g/mol. The summed E-state index contributed by atoms with van der Waals surface area (Å²) >= 11 is 0. The minimum absolute atomic E-state index is 0.247. The van der Waals surface area contributed by atoms with Gasteiger partial charge in [-0.15, -0.1) is 0 Å². The Hall–Kier alpha value is -3.39. The van der Waals surface area contributed by atoms with Crippen LogP contribution in [-0.4, -0.2) is 15.9 Å². The highest BCUT2D eigenvalue weighted by molar-refractivity contribution is 6.04. The molecule has 22 heavy (non-hydrogen) atoms. The van der Waals surface area contributed by atoms with E-state index in [0.717, 1.165) is 11.4 Å². The van der Waals surface area contributed by atoms with Crippen molar-refractivity contribution in [2.75, 3.05) is 5.32 Å². The van der Waals surface area contributed by atoms with Gasteiger partial charge in [-0.3, -0.25) is 4.79 Å². The molecule has 3 rings (SSSR count).